The van der Waals surface area contributed by atoms with Crippen molar-refractivity contribution >= 4 is 35.7 Å². The first-order chi connectivity index (χ1) is 14.4. The van der Waals surface area contributed by atoms with Gasteiger partial charge in [0.1, 0.15) is 5.75 Å². The molecule has 2 aromatic carbocycles. The Balaban J connectivity index is 1.91. The van der Waals surface area contributed by atoms with Crippen molar-refractivity contribution in [2.45, 2.75) is 6.92 Å². The lowest BCUT2D eigenvalue weighted by atomic mass is 10.2. The summed E-state index contributed by atoms with van der Waals surface area (Å²) in [6.07, 6.45) is 1.22. The summed E-state index contributed by atoms with van der Waals surface area (Å²) in [5, 5.41) is 14.7. The van der Waals surface area contributed by atoms with Crippen LogP contribution in [0.4, 0.5) is 5.69 Å². The molecule has 156 valence electrons. The van der Waals surface area contributed by atoms with E-state index in [4.69, 9.17) is 14.6 Å². The molecular formula is C20H19N3O7. The van der Waals surface area contributed by atoms with Crippen LogP contribution in [0.15, 0.2) is 53.6 Å². The Bertz CT molecular complexity index is 955. The number of anilines is 1. The van der Waals surface area contributed by atoms with Crippen LogP contribution in [0.5, 0.6) is 5.75 Å². The van der Waals surface area contributed by atoms with E-state index >= 15 is 0 Å². The maximum Gasteiger partial charge on any atom is 0.341 e. The number of nitrogens with zero attached hydrogens (tertiary/aromatic N) is 1. The van der Waals surface area contributed by atoms with E-state index in [2.05, 4.69) is 15.8 Å². The molecule has 3 N–H and O–H groups in total. The van der Waals surface area contributed by atoms with E-state index in [1.165, 1.54) is 30.5 Å². The molecule has 10 heteroatoms. The van der Waals surface area contributed by atoms with Crippen molar-refractivity contribution in [3.05, 3.63) is 59.7 Å². The number of nitrogens with one attached hydrogen (secondary N) is 2. The Morgan fingerprint density at radius 3 is 2.40 bits per heavy atom. The number of rotatable bonds is 8. The Morgan fingerprint density at radius 1 is 1.03 bits per heavy atom. The highest BCUT2D eigenvalue weighted by molar-refractivity contribution is 6.39. The molecule has 0 spiro atoms. The summed E-state index contributed by atoms with van der Waals surface area (Å²) in [5.74, 6) is -3.36. The summed E-state index contributed by atoms with van der Waals surface area (Å²) in [7, 11) is 0. The maximum absolute atomic E-state index is 11.9. The van der Waals surface area contributed by atoms with Crippen molar-refractivity contribution < 1.29 is 33.8 Å². The van der Waals surface area contributed by atoms with Gasteiger partial charge in [-0.05, 0) is 43.3 Å². The number of hydrazone groups is 1. The molecule has 0 heterocycles. The third-order valence-corrected chi connectivity index (χ3v) is 3.50. The first kappa shape index (κ1) is 22.1. The number of amides is 2. The summed E-state index contributed by atoms with van der Waals surface area (Å²) < 4.78 is 9.97. The normalized spacial score (nSPS) is 10.3. The number of carboxylic acids is 1. The van der Waals surface area contributed by atoms with Gasteiger partial charge in [-0.15, -0.1) is 0 Å². The van der Waals surface area contributed by atoms with E-state index in [9.17, 15) is 19.2 Å². The van der Waals surface area contributed by atoms with Gasteiger partial charge in [-0.2, -0.15) is 5.10 Å². The van der Waals surface area contributed by atoms with Crippen LogP contribution in [0.2, 0.25) is 0 Å². The molecule has 0 fully saturated rings. The van der Waals surface area contributed by atoms with Crippen LogP contribution in [-0.4, -0.2) is 48.3 Å². The standard InChI is InChI=1S/C20H19N3O7/c1-2-29-20(28)13-7-9-15(10-8-13)22-18(26)19(27)23-21-11-14-5-3-4-6-16(14)30-12-17(24)25/h3-11H,2,12H2,1H3,(H,22,26)(H,23,27)(H,24,25)/b21-11-. The second-order valence-electron chi connectivity index (χ2n) is 5.67. The highest BCUT2D eigenvalue weighted by atomic mass is 16.5. The highest BCUT2D eigenvalue weighted by Gasteiger charge is 2.14. The topological polar surface area (TPSA) is 143 Å². The Kier molecular flexibility index (Phi) is 8.06. The van der Waals surface area contributed by atoms with Crippen LogP contribution in [0, 0.1) is 0 Å². The molecule has 0 aliphatic heterocycles. The fourth-order valence-corrected chi connectivity index (χ4v) is 2.16. The minimum Gasteiger partial charge on any atom is -0.481 e. The zero-order valence-electron chi connectivity index (χ0n) is 16.0. The maximum atomic E-state index is 11.9. The number of hydrogen-bond donors (Lipinski definition) is 3. The lowest BCUT2D eigenvalue weighted by Gasteiger charge is -2.07. The number of carbonyl (C=O) groups excluding carboxylic acids is 3. The molecule has 0 unspecified atom stereocenters. The molecule has 2 aromatic rings. The average molecular weight is 413 g/mol. The number of ether oxygens (including phenoxy) is 2. The summed E-state index contributed by atoms with van der Waals surface area (Å²) in [6.45, 7) is 1.40. The van der Waals surface area contributed by atoms with Crippen LogP contribution in [0.25, 0.3) is 0 Å². The van der Waals surface area contributed by atoms with Gasteiger partial charge in [0.15, 0.2) is 6.61 Å². The van der Waals surface area contributed by atoms with Gasteiger partial charge in [-0.3, -0.25) is 9.59 Å². The van der Waals surface area contributed by atoms with Gasteiger partial charge < -0.3 is 19.9 Å². The van der Waals surface area contributed by atoms with Gasteiger partial charge in [0.2, 0.25) is 0 Å². The van der Waals surface area contributed by atoms with Crippen LogP contribution in [0.1, 0.15) is 22.8 Å². The van der Waals surface area contributed by atoms with Crippen molar-refractivity contribution in [1.82, 2.24) is 5.43 Å². The largest absolute Gasteiger partial charge is 0.481 e. The van der Waals surface area contributed by atoms with E-state index in [1.807, 2.05) is 0 Å². The Labute approximate surface area is 171 Å². The number of hydrogen-bond acceptors (Lipinski definition) is 7. The van der Waals surface area contributed by atoms with E-state index < -0.39 is 30.4 Å². The monoisotopic (exact) mass is 413 g/mol. The van der Waals surface area contributed by atoms with Crippen molar-refractivity contribution in [3.8, 4) is 5.75 Å². The second kappa shape index (κ2) is 11.0. The molecule has 0 bridgehead atoms. The van der Waals surface area contributed by atoms with Gasteiger partial charge in [-0.1, -0.05) is 12.1 Å². The Morgan fingerprint density at radius 2 is 1.73 bits per heavy atom. The molecule has 0 saturated heterocycles. The lowest BCUT2D eigenvalue weighted by Crippen LogP contribution is -2.32. The van der Waals surface area contributed by atoms with Gasteiger partial charge in [-0.25, -0.2) is 15.0 Å². The van der Waals surface area contributed by atoms with Crippen molar-refractivity contribution in [1.29, 1.82) is 0 Å². The van der Waals surface area contributed by atoms with Crippen LogP contribution in [0.3, 0.4) is 0 Å². The zero-order chi connectivity index (χ0) is 21.9. The molecule has 0 aromatic heterocycles. The number of para-hydroxylation sites is 1. The second-order valence-corrected chi connectivity index (χ2v) is 5.67. The average Bonchev–Trinajstić information content (AvgIpc) is 2.73. The predicted octanol–water partition coefficient (Wildman–Crippen LogP) is 1.42. The molecule has 30 heavy (non-hydrogen) atoms. The number of esters is 1. The lowest BCUT2D eigenvalue weighted by molar-refractivity contribution is -0.139. The Hall–Kier alpha value is -4.21. The SMILES string of the molecule is CCOC(=O)c1ccc(NC(=O)C(=O)N/N=C\c2ccccc2OCC(=O)O)cc1. The fourth-order valence-electron chi connectivity index (χ4n) is 2.16. The zero-order valence-corrected chi connectivity index (χ0v) is 16.0. The molecule has 0 atom stereocenters. The summed E-state index contributed by atoms with van der Waals surface area (Å²) in [5.41, 5.74) is 3.09. The van der Waals surface area contributed by atoms with Crippen molar-refractivity contribution in [3.63, 3.8) is 0 Å². The molecular weight excluding hydrogens is 394 g/mol. The van der Waals surface area contributed by atoms with Gasteiger partial charge in [0.05, 0.1) is 18.4 Å². The first-order valence-electron chi connectivity index (χ1n) is 8.76. The van der Waals surface area contributed by atoms with Gasteiger partial charge in [0.25, 0.3) is 0 Å². The van der Waals surface area contributed by atoms with Crippen LogP contribution >= 0.6 is 0 Å². The quantitative estimate of drug-likeness (QED) is 0.257. The van der Waals surface area contributed by atoms with Crippen molar-refractivity contribution in [2.24, 2.45) is 5.10 Å². The van der Waals surface area contributed by atoms with E-state index in [0.717, 1.165) is 0 Å². The molecule has 10 nitrogen and oxygen atoms in total. The molecule has 0 radical (unpaired) electrons. The minimum absolute atomic E-state index is 0.244. The summed E-state index contributed by atoms with van der Waals surface area (Å²) in [6, 6.07) is 12.3. The highest BCUT2D eigenvalue weighted by Crippen LogP contribution is 2.15. The number of aliphatic carboxylic acids is 1. The minimum atomic E-state index is -1.14. The molecule has 0 aliphatic carbocycles. The van der Waals surface area contributed by atoms with E-state index in [1.54, 1.807) is 31.2 Å². The number of carbonyl (C=O) groups is 4. The third-order valence-electron chi connectivity index (χ3n) is 3.50. The molecule has 0 saturated carbocycles. The first-order valence-corrected chi connectivity index (χ1v) is 8.76. The van der Waals surface area contributed by atoms with E-state index in [0.29, 0.717) is 16.8 Å². The molecule has 2 rings (SSSR count). The van der Waals surface area contributed by atoms with Crippen LogP contribution in [-0.2, 0) is 19.1 Å². The van der Waals surface area contributed by atoms with Crippen molar-refractivity contribution in [2.75, 3.05) is 18.5 Å². The van der Waals surface area contributed by atoms with Gasteiger partial charge >= 0.3 is 23.8 Å². The molecule has 2 amide bonds. The fraction of sp³-hybridized carbons (Fsp3) is 0.150. The van der Waals surface area contributed by atoms with Crippen LogP contribution < -0.4 is 15.5 Å². The third kappa shape index (κ3) is 6.75. The van der Waals surface area contributed by atoms with Gasteiger partial charge in [0, 0.05) is 11.3 Å². The summed E-state index contributed by atoms with van der Waals surface area (Å²) >= 11 is 0. The molecule has 0 aliphatic rings. The number of carboxylic acid groups (broad SMARTS) is 1. The predicted molar refractivity (Wildman–Crippen MR) is 106 cm³/mol. The van der Waals surface area contributed by atoms with E-state index in [-0.39, 0.29) is 12.4 Å². The summed E-state index contributed by atoms with van der Waals surface area (Å²) in [4.78, 5) is 46.0. The number of benzene rings is 2. The smallest absolute Gasteiger partial charge is 0.341 e.